The molecular formula is C21H26O4. The minimum absolute atomic E-state index is 0.0817. The first-order valence-electron chi connectivity index (χ1n) is 8.45. The molecule has 0 bridgehead atoms. The van der Waals surface area contributed by atoms with E-state index in [1.165, 1.54) is 0 Å². The Kier molecular flexibility index (Phi) is 6.59. The number of hydrogen-bond acceptors (Lipinski definition) is 4. The Bertz CT molecular complexity index is 657. The lowest BCUT2D eigenvalue weighted by Crippen LogP contribution is -2.25. The molecule has 0 heterocycles. The van der Waals surface area contributed by atoms with Gasteiger partial charge < -0.3 is 14.6 Å². The third-order valence-corrected chi connectivity index (χ3v) is 3.85. The normalized spacial score (nSPS) is 12.5. The van der Waals surface area contributed by atoms with Crippen molar-refractivity contribution in [2.24, 2.45) is 5.41 Å². The molecule has 4 heteroatoms. The highest BCUT2D eigenvalue weighted by atomic mass is 16.5. The second-order valence-electron chi connectivity index (χ2n) is 7.07. The Morgan fingerprint density at radius 3 is 2.24 bits per heavy atom. The van der Waals surface area contributed by atoms with Gasteiger partial charge in [0, 0.05) is 5.92 Å². The molecule has 1 N–H and O–H groups in total. The van der Waals surface area contributed by atoms with E-state index < -0.39 is 5.41 Å². The third-order valence-electron chi connectivity index (χ3n) is 3.85. The van der Waals surface area contributed by atoms with E-state index in [2.05, 4.69) is 0 Å². The van der Waals surface area contributed by atoms with Crippen LogP contribution in [0.15, 0.2) is 54.6 Å². The van der Waals surface area contributed by atoms with Gasteiger partial charge in [-0.2, -0.15) is 0 Å². The quantitative estimate of drug-likeness (QED) is 0.775. The van der Waals surface area contributed by atoms with Crippen molar-refractivity contribution in [3.05, 3.63) is 65.7 Å². The van der Waals surface area contributed by atoms with E-state index in [1.807, 2.05) is 75.4 Å². The Morgan fingerprint density at radius 1 is 1.04 bits per heavy atom. The van der Waals surface area contributed by atoms with Crippen LogP contribution in [0.2, 0.25) is 0 Å². The highest BCUT2D eigenvalue weighted by Crippen LogP contribution is 2.22. The summed E-state index contributed by atoms with van der Waals surface area (Å²) >= 11 is 0. The number of benzene rings is 2. The first-order chi connectivity index (χ1) is 11.9. The number of ether oxygens (including phenoxy) is 2. The Hall–Kier alpha value is -2.33. The number of aliphatic hydroxyl groups is 1. The van der Waals surface area contributed by atoms with E-state index >= 15 is 0 Å². The number of carbonyl (C=O) groups excluding carboxylic acids is 1. The fourth-order valence-corrected chi connectivity index (χ4v) is 2.22. The lowest BCUT2D eigenvalue weighted by molar-refractivity contribution is -0.153. The van der Waals surface area contributed by atoms with E-state index in [9.17, 15) is 9.90 Å². The van der Waals surface area contributed by atoms with E-state index in [-0.39, 0.29) is 25.1 Å². The monoisotopic (exact) mass is 342 g/mol. The molecule has 2 aromatic carbocycles. The van der Waals surface area contributed by atoms with Crippen molar-refractivity contribution >= 4 is 5.97 Å². The number of esters is 1. The van der Waals surface area contributed by atoms with Crippen molar-refractivity contribution in [3.8, 4) is 5.75 Å². The molecule has 0 fully saturated rings. The van der Waals surface area contributed by atoms with Gasteiger partial charge in [-0.1, -0.05) is 42.5 Å². The second-order valence-corrected chi connectivity index (χ2v) is 7.07. The van der Waals surface area contributed by atoms with Crippen LogP contribution in [0.3, 0.4) is 0 Å². The first kappa shape index (κ1) is 19.0. The van der Waals surface area contributed by atoms with E-state index in [1.54, 1.807) is 0 Å². The van der Waals surface area contributed by atoms with Gasteiger partial charge in [0.1, 0.15) is 19.0 Å². The molecule has 25 heavy (non-hydrogen) atoms. The molecule has 0 aromatic heterocycles. The maximum Gasteiger partial charge on any atom is 0.311 e. The molecule has 0 unspecified atom stereocenters. The molecular weight excluding hydrogens is 316 g/mol. The predicted molar refractivity (Wildman–Crippen MR) is 97.5 cm³/mol. The Balaban J connectivity index is 1.91. The molecule has 4 nitrogen and oxygen atoms in total. The Labute approximate surface area is 149 Å². The third kappa shape index (κ3) is 5.91. The second kappa shape index (κ2) is 8.67. The molecule has 0 spiro atoms. The molecule has 0 radical (unpaired) electrons. The number of rotatable bonds is 7. The SMILES string of the molecule is CC(C)(C)C(=O)OC[C@@H](CO)c1ccc(OCc2ccccc2)cc1. The molecule has 0 saturated heterocycles. The molecule has 2 aromatic rings. The van der Waals surface area contributed by atoms with Crippen molar-refractivity contribution in [2.45, 2.75) is 33.3 Å². The van der Waals surface area contributed by atoms with Gasteiger partial charge in [-0.25, -0.2) is 0 Å². The lowest BCUT2D eigenvalue weighted by Gasteiger charge is -2.20. The van der Waals surface area contributed by atoms with Crippen LogP contribution >= 0.6 is 0 Å². The van der Waals surface area contributed by atoms with Gasteiger partial charge in [0.05, 0.1) is 12.0 Å². The fourth-order valence-electron chi connectivity index (χ4n) is 2.22. The van der Waals surface area contributed by atoms with Crippen molar-refractivity contribution < 1.29 is 19.4 Å². The molecule has 0 aliphatic heterocycles. The summed E-state index contributed by atoms with van der Waals surface area (Å²) < 4.78 is 11.1. The van der Waals surface area contributed by atoms with Gasteiger partial charge in [-0.3, -0.25) is 4.79 Å². The van der Waals surface area contributed by atoms with Gasteiger partial charge >= 0.3 is 5.97 Å². The summed E-state index contributed by atoms with van der Waals surface area (Å²) in [6.45, 7) is 6.01. The van der Waals surface area contributed by atoms with Gasteiger partial charge in [-0.15, -0.1) is 0 Å². The van der Waals surface area contributed by atoms with Gasteiger partial charge in [0.2, 0.25) is 0 Å². The van der Waals surface area contributed by atoms with Crippen molar-refractivity contribution in [1.29, 1.82) is 0 Å². The van der Waals surface area contributed by atoms with Gasteiger partial charge in [0.15, 0.2) is 0 Å². The fraction of sp³-hybridized carbons (Fsp3) is 0.381. The topological polar surface area (TPSA) is 55.8 Å². The van der Waals surface area contributed by atoms with Crippen molar-refractivity contribution in [3.63, 3.8) is 0 Å². The first-order valence-corrected chi connectivity index (χ1v) is 8.45. The molecule has 134 valence electrons. The average molecular weight is 342 g/mol. The molecule has 1 atom stereocenters. The van der Waals surface area contributed by atoms with Crippen LogP contribution in [0.4, 0.5) is 0 Å². The van der Waals surface area contributed by atoms with Crippen LogP contribution in [0.1, 0.15) is 37.8 Å². The summed E-state index contributed by atoms with van der Waals surface area (Å²) in [5, 5.41) is 9.59. The van der Waals surface area contributed by atoms with E-state index in [4.69, 9.17) is 9.47 Å². The van der Waals surface area contributed by atoms with Crippen LogP contribution in [-0.4, -0.2) is 24.3 Å². The van der Waals surface area contributed by atoms with Crippen LogP contribution < -0.4 is 4.74 Å². The number of hydrogen-bond donors (Lipinski definition) is 1. The highest BCUT2D eigenvalue weighted by molar-refractivity contribution is 5.75. The van der Waals surface area contributed by atoms with E-state index in [0.29, 0.717) is 6.61 Å². The Morgan fingerprint density at radius 2 is 1.68 bits per heavy atom. The van der Waals surface area contributed by atoms with Crippen LogP contribution in [0.25, 0.3) is 0 Å². The largest absolute Gasteiger partial charge is 0.489 e. The zero-order valence-corrected chi connectivity index (χ0v) is 15.1. The molecule has 2 rings (SSSR count). The predicted octanol–water partition coefficient (Wildman–Crippen LogP) is 3.93. The van der Waals surface area contributed by atoms with Gasteiger partial charge in [0.25, 0.3) is 0 Å². The van der Waals surface area contributed by atoms with Gasteiger partial charge in [-0.05, 0) is 44.0 Å². The van der Waals surface area contributed by atoms with Crippen LogP contribution in [-0.2, 0) is 16.1 Å². The lowest BCUT2D eigenvalue weighted by atomic mass is 9.97. The molecule has 0 aliphatic carbocycles. The number of aliphatic hydroxyl groups excluding tert-OH is 1. The standard InChI is InChI=1S/C21H26O4/c1-21(2,3)20(23)25-15-18(13-22)17-9-11-19(12-10-17)24-14-16-7-5-4-6-8-16/h4-12,18,22H,13-15H2,1-3H3/t18-/m1/s1. The smallest absolute Gasteiger partial charge is 0.311 e. The van der Waals surface area contributed by atoms with Crippen molar-refractivity contribution in [2.75, 3.05) is 13.2 Å². The summed E-state index contributed by atoms with van der Waals surface area (Å²) in [4.78, 5) is 11.9. The summed E-state index contributed by atoms with van der Waals surface area (Å²) in [6, 6.07) is 17.5. The highest BCUT2D eigenvalue weighted by Gasteiger charge is 2.24. The minimum atomic E-state index is -0.546. The zero-order valence-electron chi connectivity index (χ0n) is 15.1. The molecule has 0 aliphatic rings. The van der Waals surface area contributed by atoms with E-state index in [0.717, 1.165) is 16.9 Å². The summed E-state index contributed by atoms with van der Waals surface area (Å²) in [5.41, 5.74) is 1.47. The summed E-state index contributed by atoms with van der Waals surface area (Å²) in [5.74, 6) is 0.249. The summed E-state index contributed by atoms with van der Waals surface area (Å²) in [7, 11) is 0. The van der Waals surface area contributed by atoms with Crippen molar-refractivity contribution in [1.82, 2.24) is 0 Å². The zero-order chi connectivity index (χ0) is 18.3. The average Bonchev–Trinajstić information content (AvgIpc) is 2.61. The number of carbonyl (C=O) groups is 1. The summed E-state index contributed by atoms with van der Waals surface area (Å²) in [6.07, 6.45) is 0. The maximum absolute atomic E-state index is 11.9. The van der Waals surface area contributed by atoms with Crippen LogP contribution in [0, 0.1) is 5.41 Å². The molecule has 0 amide bonds. The van der Waals surface area contributed by atoms with Crippen LogP contribution in [0.5, 0.6) is 5.75 Å². The molecule has 0 saturated carbocycles. The maximum atomic E-state index is 11.9. The minimum Gasteiger partial charge on any atom is -0.489 e.